The molecule has 0 radical (unpaired) electrons. The van der Waals surface area contributed by atoms with Crippen LogP contribution < -0.4 is 5.73 Å². The maximum Gasteiger partial charge on any atom is 0.233 e. The van der Waals surface area contributed by atoms with Crippen LogP contribution in [0.2, 0.25) is 0 Å². The number of hydrogen-bond donors (Lipinski definition) is 1. The molecule has 3 nitrogen and oxygen atoms in total. The lowest BCUT2D eigenvalue weighted by Gasteiger charge is -2.16. The third-order valence-electron chi connectivity index (χ3n) is 3.03. The number of anilines is 1. The van der Waals surface area contributed by atoms with Gasteiger partial charge in [0, 0.05) is 22.5 Å². The molecule has 0 spiro atoms. The number of hydrogen-bond acceptors (Lipinski definition) is 4. The van der Waals surface area contributed by atoms with E-state index in [1.165, 1.54) is 16.6 Å². The first kappa shape index (κ1) is 14.9. The molecule has 1 aromatic carbocycles. The van der Waals surface area contributed by atoms with E-state index in [-0.39, 0.29) is 5.91 Å². The molecule has 0 aliphatic rings. The lowest BCUT2D eigenvalue weighted by atomic mass is 10.2. The van der Waals surface area contributed by atoms with Crippen molar-refractivity contribution in [3.63, 3.8) is 0 Å². The maximum absolute atomic E-state index is 12.1. The lowest BCUT2D eigenvalue weighted by Crippen LogP contribution is -2.27. The fraction of sp³-hybridized carbons (Fsp3) is 0.267. The molecule has 1 heterocycles. The molecule has 0 saturated carbocycles. The Kier molecular flexibility index (Phi) is 5.09. The van der Waals surface area contributed by atoms with Crippen molar-refractivity contribution in [1.29, 1.82) is 0 Å². The van der Waals surface area contributed by atoms with Crippen molar-refractivity contribution in [1.82, 2.24) is 4.90 Å². The highest BCUT2D eigenvalue weighted by molar-refractivity contribution is 8.00. The van der Waals surface area contributed by atoms with Gasteiger partial charge in [-0.1, -0.05) is 18.2 Å². The van der Waals surface area contributed by atoms with Crippen molar-refractivity contribution >= 4 is 34.7 Å². The van der Waals surface area contributed by atoms with E-state index in [1.807, 2.05) is 49.7 Å². The number of nitrogens with two attached hydrogens (primary N) is 1. The largest absolute Gasteiger partial charge is 0.398 e. The van der Waals surface area contributed by atoms with Crippen molar-refractivity contribution in [2.45, 2.75) is 18.4 Å². The van der Waals surface area contributed by atoms with Crippen molar-refractivity contribution in [3.8, 4) is 0 Å². The first-order chi connectivity index (χ1) is 9.58. The van der Waals surface area contributed by atoms with Gasteiger partial charge in [-0.25, -0.2) is 0 Å². The topological polar surface area (TPSA) is 46.3 Å². The molecule has 20 heavy (non-hydrogen) atoms. The van der Waals surface area contributed by atoms with Gasteiger partial charge in [0.2, 0.25) is 5.91 Å². The van der Waals surface area contributed by atoms with Gasteiger partial charge in [0.25, 0.3) is 0 Å². The normalized spacial score (nSPS) is 10.5. The van der Waals surface area contributed by atoms with Crippen LogP contribution in [-0.2, 0) is 11.3 Å². The van der Waals surface area contributed by atoms with Crippen LogP contribution in [0.15, 0.2) is 40.6 Å². The molecule has 1 aromatic heterocycles. The Morgan fingerprint density at radius 2 is 2.15 bits per heavy atom. The zero-order valence-corrected chi connectivity index (χ0v) is 13.3. The van der Waals surface area contributed by atoms with Gasteiger partial charge in [-0.05, 0) is 30.0 Å². The Morgan fingerprint density at radius 1 is 1.35 bits per heavy atom. The number of rotatable bonds is 5. The lowest BCUT2D eigenvalue weighted by molar-refractivity contribution is -0.127. The Morgan fingerprint density at radius 3 is 2.85 bits per heavy atom. The third kappa shape index (κ3) is 3.77. The van der Waals surface area contributed by atoms with Crippen LogP contribution in [0.25, 0.3) is 0 Å². The van der Waals surface area contributed by atoms with E-state index in [0.29, 0.717) is 12.3 Å². The van der Waals surface area contributed by atoms with Gasteiger partial charge in [0.1, 0.15) is 0 Å². The van der Waals surface area contributed by atoms with Crippen LogP contribution in [-0.4, -0.2) is 23.6 Å². The van der Waals surface area contributed by atoms with Crippen LogP contribution in [0.4, 0.5) is 5.69 Å². The molecule has 106 valence electrons. The average molecular weight is 306 g/mol. The number of benzene rings is 1. The molecule has 0 saturated heterocycles. The van der Waals surface area contributed by atoms with E-state index < -0.39 is 0 Å². The molecule has 5 heteroatoms. The summed E-state index contributed by atoms with van der Waals surface area (Å²) in [6, 6.07) is 9.94. The SMILES string of the molecule is Cc1cccc(SCC(=O)N(C)Cc2cccs2)c1N. The molecule has 1 amide bonds. The monoisotopic (exact) mass is 306 g/mol. The van der Waals surface area contributed by atoms with Gasteiger partial charge in [-0.3, -0.25) is 4.79 Å². The fourth-order valence-corrected chi connectivity index (χ4v) is 3.50. The number of nitrogen functional groups attached to an aromatic ring is 1. The minimum atomic E-state index is 0.115. The average Bonchev–Trinajstić information content (AvgIpc) is 2.93. The van der Waals surface area contributed by atoms with Crippen LogP contribution >= 0.6 is 23.1 Å². The Balaban J connectivity index is 1.90. The van der Waals surface area contributed by atoms with E-state index >= 15 is 0 Å². The van der Waals surface area contributed by atoms with Gasteiger partial charge < -0.3 is 10.6 Å². The smallest absolute Gasteiger partial charge is 0.233 e. The summed E-state index contributed by atoms with van der Waals surface area (Å²) in [5, 5.41) is 2.02. The molecule has 2 rings (SSSR count). The summed E-state index contributed by atoms with van der Waals surface area (Å²) in [5.41, 5.74) is 7.83. The van der Waals surface area contributed by atoms with Crippen molar-refractivity contribution < 1.29 is 4.79 Å². The van der Waals surface area contributed by atoms with Crippen molar-refractivity contribution in [2.24, 2.45) is 0 Å². The molecule has 0 unspecified atom stereocenters. The molecular formula is C15H18N2OS2. The second-order valence-corrected chi connectivity index (χ2v) is 6.65. The van der Waals surface area contributed by atoms with Gasteiger partial charge in [0.05, 0.1) is 12.3 Å². The van der Waals surface area contributed by atoms with E-state index in [1.54, 1.807) is 16.2 Å². The summed E-state index contributed by atoms with van der Waals surface area (Å²) in [6.07, 6.45) is 0. The van der Waals surface area contributed by atoms with Gasteiger partial charge in [-0.2, -0.15) is 0 Å². The number of thioether (sulfide) groups is 1. The third-order valence-corrected chi connectivity index (χ3v) is 4.95. The first-order valence-electron chi connectivity index (χ1n) is 6.32. The number of nitrogens with zero attached hydrogens (tertiary/aromatic N) is 1. The second-order valence-electron chi connectivity index (χ2n) is 4.60. The van der Waals surface area contributed by atoms with E-state index in [2.05, 4.69) is 0 Å². The second kappa shape index (κ2) is 6.81. The standard InChI is InChI=1S/C15H18N2OS2/c1-11-5-3-7-13(15(11)16)20-10-14(18)17(2)9-12-6-4-8-19-12/h3-8H,9-10,16H2,1-2H3. The quantitative estimate of drug-likeness (QED) is 0.680. The number of carbonyl (C=O) groups excluding carboxylic acids is 1. The van der Waals surface area contributed by atoms with Crippen molar-refractivity contribution in [2.75, 3.05) is 18.5 Å². The van der Waals surface area contributed by atoms with E-state index in [4.69, 9.17) is 5.73 Å². The van der Waals surface area contributed by atoms with Crippen LogP contribution in [0.5, 0.6) is 0 Å². The van der Waals surface area contributed by atoms with E-state index in [9.17, 15) is 4.79 Å². The number of aryl methyl sites for hydroxylation is 1. The predicted molar refractivity (Wildman–Crippen MR) is 87.1 cm³/mol. The molecule has 0 aliphatic heterocycles. The number of amides is 1. The zero-order chi connectivity index (χ0) is 14.5. The molecule has 0 bridgehead atoms. The van der Waals surface area contributed by atoms with E-state index in [0.717, 1.165) is 16.1 Å². The maximum atomic E-state index is 12.1. The summed E-state index contributed by atoms with van der Waals surface area (Å²) >= 11 is 3.16. The highest BCUT2D eigenvalue weighted by Crippen LogP contribution is 2.27. The van der Waals surface area contributed by atoms with Crippen molar-refractivity contribution in [3.05, 3.63) is 46.2 Å². The van der Waals surface area contributed by atoms with Gasteiger partial charge >= 0.3 is 0 Å². The zero-order valence-electron chi connectivity index (χ0n) is 11.6. The molecule has 0 fully saturated rings. The summed E-state index contributed by atoms with van der Waals surface area (Å²) in [7, 11) is 1.84. The molecular weight excluding hydrogens is 288 g/mol. The highest BCUT2D eigenvalue weighted by Gasteiger charge is 2.11. The highest BCUT2D eigenvalue weighted by atomic mass is 32.2. The summed E-state index contributed by atoms with van der Waals surface area (Å²) < 4.78 is 0. The first-order valence-corrected chi connectivity index (χ1v) is 8.18. The Hall–Kier alpha value is -1.46. The molecule has 0 atom stereocenters. The van der Waals surface area contributed by atoms with Gasteiger partial charge in [0.15, 0.2) is 0 Å². The number of thiophene rings is 1. The van der Waals surface area contributed by atoms with Crippen LogP contribution in [0.3, 0.4) is 0 Å². The summed E-state index contributed by atoms with van der Waals surface area (Å²) in [4.78, 5) is 16.0. The fourth-order valence-electron chi connectivity index (χ4n) is 1.75. The minimum Gasteiger partial charge on any atom is -0.398 e. The minimum absolute atomic E-state index is 0.115. The Bertz CT molecular complexity index is 582. The predicted octanol–water partition coefficient (Wildman–Crippen LogP) is 3.39. The summed E-state index contributed by atoms with van der Waals surface area (Å²) in [5.74, 6) is 0.527. The Labute approximate surface area is 127 Å². The van der Waals surface area contributed by atoms with Crippen LogP contribution in [0, 0.1) is 6.92 Å². The number of para-hydroxylation sites is 1. The molecule has 2 N–H and O–H groups in total. The molecule has 2 aromatic rings. The summed E-state index contributed by atoms with van der Waals surface area (Å²) in [6.45, 7) is 2.64. The van der Waals surface area contributed by atoms with Crippen LogP contribution in [0.1, 0.15) is 10.4 Å². The number of carbonyl (C=O) groups is 1. The molecule has 0 aliphatic carbocycles. The van der Waals surface area contributed by atoms with Gasteiger partial charge in [-0.15, -0.1) is 23.1 Å².